The first-order chi connectivity index (χ1) is 12.5. The predicted octanol–water partition coefficient (Wildman–Crippen LogP) is 4.10. The topological polar surface area (TPSA) is 49.8 Å². The van der Waals surface area contributed by atoms with Crippen LogP contribution in [0.5, 0.6) is 0 Å². The fourth-order valence-electron chi connectivity index (χ4n) is 3.73. The molecule has 2 aromatic carbocycles. The average Bonchev–Trinajstić information content (AvgIpc) is 3.34. The van der Waals surface area contributed by atoms with Crippen LogP contribution < -0.4 is 10.6 Å². The molecule has 4 heteroatoms. The van der Waals surface area contributed by atoms with Gasteiger partial charge < -0.3 is 14.4 Å². The third-order valence-electron chi connectivity index (χ3n) is 5.28. The highest BCUT2D eigenvalue weighted by atomic mass is 31.2. The van der Waals surface area contributed by atoms with Gasteiger partial charge in [0.15, 0.2) is 0 Å². The van der Waals surface area contributed by atoms with E-state index in [0.717, 1.165) is 36.3 Å². The Bertz CT molecular complexity index is 703. The van der Waals surface area contributed by atoms with Gasteiger partial charge in [0, 0.05) is 16.8 Å². The van der Waals surface area contributed by atoms with Gasteiger partial charge in [-0.2, -0.15) is 0 Å². The number of epoxide rings is 1. The number of ether oxygens (including phenoxy) is 1. The smallest absolute Gasteiger partial charge is 0.146 e. The summed E-state index contributed by atoms with van der Waals surface area (Å²) < 4.78 is 20.1. The Morgan fingerprint density at radius 2 is 1.58 bits per heavy atom. The minimum atomic E-state index is -2.83. The highest BCUT2D eigenvalue weighted by Gasteiger charge is 2.58. The van der Waals surface area contributed by atoms with E-state index >= 15 is 0 Å². The van der Waals surface area contributed by atoms with Gasteiger partial charge in [-0.15, -0.1) is 0 Å². The van der Waals surface area contributed by atoms with Crippen LogP contribution in [0.25, 0.3) is 0 Å². The molecule has 0 bridgehead atoms. The van der Waals surface area contributed by atoms with E-state index in [1.165, 1.54) is 0 Å². The van der Waals surface area contributed by atoms with E-state index in [-0.39, 0.29) is 6.10 Å². The lowest BCUT2D eigenvalue weighted by Gasteiger charge is -2.22. The molecule has 26 heavy (non-hydrogen) atoms. The Labute approximate surface area is 156 Å². The largest absolute Gasteiger partial charge is 0.390 e. The van der Waals surface area contributed by atoms with Gasteiger partial charge in [0.2, 0.25) is 0 Å². The van der Waals surface area contributed by atoms with Crippen molar-refractivity contribution in [3.63, 3.8) is 0 Å². The molecule has 1 N–H and O–H groups in total. The molecule has 140 valence electrons. The third kappa shape index (κ3) is 4.11. The summed E-state index contributed by atoms with van der Waals surface area (Å²) in [5, 5.41) is 12.2. The Morgan fingerprint density at radius 3 is 2.08 bits per heavy atom. The predicted molar refractivity (Wildman–Crippen MR) is 108 cm³/mol. The number of hydrogen-bond acceptors (Lipinski definition) is 3. The Kier molecular flexibility index (Phi) is 6.02. The molecule has 3 atom stereocenters. The summed E-state index contributed by atoms with van der Waals surface area (Å²) in [7, 11) is -2.83. The highest BCUT2D eigenvalue weighted by Crippen LogP contribution is 2.53. The van der Waals surface area contributed by atoms with Gasteiger partial charge in [0.1, 0.15) is 18.8 Å². The molecule has 0 unspecified atom stereocenters. The van der Waals surface area contributed by atoms with Crippen molar-refractivity contribution in [1.29, 1.82) is 0 Å². The van der Waals surface area contributed by atoms with E-state index in [1.807, 2.05) is 67.6 Å². The van der Waals surface area contributed by atoms with Crippen molar-refractivity contribution < 1.29 is 14.4 Å². The fourth-order valence-corrected chi connectivity index (χ4v) is 6.84. The molecular weight excluding hydrogens is 343 g/mol. The van der Waals surface area contributed by atoms with E-state index in [4.69, 9.17) is 4.74 Å². The Hall–Kier alpha value is -1.41. The van der Waals surface area contributed by atoms with Gasteiger partial charge in [-0.05, 0) is 13.3 Å². The summed E-state index contributed by atoms with van der Waals surface area (Å²) in [6.45, 7) is 4.14. The summed E-state index contributed by atoms with van der Waals surface area (Å²) in [4.78, 5) is 0. The van der Waals surface area contributed by atoms with Crippen molar-refractivity contribution in [2.24, 2.45) is 0 Å². The molecule has 1 fully saturated rings. The molecule has 0 aliphatic carbocycles. The lowest BCUT2D eigenvalue weighted by Crippen LogP contribution is -2.30. The summed E-state index contributed by atoms with van der Waals surface area (Å²) in [6.07, 6.45) is 3.72. The van der Waals surface area contributed by atoms with Crippen LogP contribution in [0.1, 0.15) is 39.5 Å². The van der Waals surface area contributed by atoms with Gasteiger partial charge >= 0.3 is 0 Å². The normalized spacial score (nSPS) is 23.6. The number of hydrogen-bond donors (Lipinski definition) is 1. The van der Waals surface area contributed by atoms with Crippen LogP contribution in [-0.2, 0) is 9.30 Å². The second-order valence-electron chi connectivity index (χ2n) is 7.48. The molecule has 0 saturated carbocycles. The number of unbranched alkanes of at least 4 members (excludes halogenated alkanes) is 2. The molecule has 0 radical (unpaired) electrons. The zero-order valence-corrected chi connectivity index (χ0v) is 16.6. The van der Waals surface area contributed by atoms with Crippen molar-refractivity contribution in [3.05, 3.63) is 60.7 Å². The van der Waals surface area contributed by atoms with E-state index in [1.54, 1.807) is 0 Å². The first kappa shape index (κ1) is 19.4. The van der Waals surface area contributed by atoms with Crippen LogP contribution in [0.4, 0.5) is 0 Å². The van der Waals surface area contributed by atoms with Crippen LogP contribution in [-0.4, -0.2) is 29.1 Å². The van der Waals surface area contributed by atoms with Crippen molar-refractivity contribution in [1.82, 2.24) is 0 Å². The maximum absolute atomic E-state index is 14.1. The van der Waals surface area contributed by atoms with Gasteiger partial charge in [0.05, 0.1) is 6.10 Å². The molecule has 1 aliphatic heterocycles. The number of benzene rings is 2. The quantitative estimate of drug-likeness (QED) is 0.410. The average molecular weight is 372 g/mol. The van der Waals surface area contributed by atoms with E-state index in [2.05, 4.69) is 6.92 Å². The van der Waals surface area contributed by atoms with E-state index in [9.17, 15) is 9.67 Å². The first-order valence-electron chi connectivity index (χ1n) is 9.56. The standard InChI is InChI=1S/C22H29O3P/c1-3-4-7-16-20(23)21-22(2,25-21)17-26(24,18-12-8-5-9-13-18)19-14-10-6-11-15-19/h5-6,8-15,20-21,23H,3-4,7,16-17H2,1-2H3/t20-,21+,22+/m0/s1. The Morgan fingerprint density at radius 1 is 1.04 bits per heavy atom. The van der Waals surface area contributed by atoms with E-state index in [0.29, 0.717) is 6.16 Å². The molecule has 0 aromatic heterocycles. The van der Waals surface area contributed by atoms with Crippen LogP contribution >= 0.6 is 7.14 Å². The molecule has 2 aromatic rings. The summed E-state index contributed by atoms with van der Waals surface area (Å²) >= 11 is 0. The van der Waals surface area contributed by atoms with Gasteiger partial charge in [-0.25, -0.2) is 0 Å². The second-order valence-corrected chi connectivity index (χ2v) is 10.3. The molecule has 1 aliphatic rings. The minimum absolute atomic E-state index is 0.222. The van der Waals surface area contributed by atoms with Crippen molar-refractivity contribution in [2.45, 2.75) is 57.3 Å². The monoisotopic (exact) mass is 372 g/mol. The fraction of sp³-hybridized carbons (Fsp3) is 0.455. The number of aliphatic hydroxyl groups is 1. The molecule has 1 saturated heterocycles. The van der Waals surface area contributed by atoms with Crippen LogP contribution in [0.15, 0.2) is 60.7 Å². The zero-order valence-electron chi connectivity index (χ0n) is 15.7. The SMILES string of the molecule is CCCCC[C@H](O)[C@H]1O[C@]1(C)CP(=O)(c1ccccc1)c1ccccc1. The van der Waals surface area contributed by atoms with Crippen molar-refractivity contribution in [3.8, 4) is 0 Å². The molecule has 0 amide bonds. The van der Waals surface area contributed by atoms with Gasteiger partial charge in [-0.1, -0.05) is 86.8 Å². The van der Waals surface area contributed by atoms with Crippen LogP contribution in [0.2, 0.25) is 0 Å². The summed E-state index contributed by atoms with van der Waals surface area (Å²) in [5.41, 5.74) is -0.535. The maximum atomic E-state index is 14.1. The highest BCUT2D eigenvalue weighted by molar-refractivity contribution is 7.78. The number of rotatable bonds is 9. The van der Waals surface area contributed by atoms with E-state index < -0.39 is 18.8 Å². The van der Waals surface area contributed by atoms with Gasteiger partial charge in [0.25, 0.3) is 0 Å². The van der Waals surface area contributed by atoms with Crippen LogP contribution in [0, 0.1) is 0 Å². The van der Waals surface area contributed by atoms with Crippen molar-refractivity contribution in [2.75, 3.05) is 6.16 Å². The summed E-state index contributed by atoms with van der Waals surface area (Å²) in [5.74, 6) is 0. The lowest BCUT2D eigenvalue weighted by molar-refractivity contribution is 0.123. The molecule has 3 rings (SSSR count). The number of aliphatic hydroxyl groups excluding tert-OH is 1. The molecule has 0 spiro atoms. The lowest BCUT2D eigenvalue weighted by atomic mass is 10.0. The minimum Gasteiger partial charge on any atom is -0.390 e. The van der Waals surface area contributed by atoms with Crippen molar-refractivity contribution >= 4 is 17.8 Å². The zero-order chi connectivity index (χ0) is 18.6. The molecule has 3 nitrogen and oxygen atoms in total. The molecule has 1 heterocycles. The maximum Gasteiger partial charge on any atom is 0.146 e. The van der Waals surface area contributed by atoms with Gasteiger partial charge in [-0.3, -0.25) is 0 Å². The third-order valence-corrected chi connectivity index (χ3v) is 8.61. The first-order valence-corrected chi connectivity index (χ1v) is 11.4. The Balaban J connectivity index is 1.81. The summed E-state index contributed by atoms with van der Waals surface area (Å²) in [6, 6.07) is 19.3. The second kappa shape index (κ2) is 8.08. The van der Waals surface area contributed by atoms with Crippen LogP contribution in [0.3, 0.4) is 0 Å². The molecular formula is C22H29O3P.